The normalized spacial score (nSPS) is 19.6. The van der Waals surface area contributed by atoms with Gasteiger partial charge in [0.2, 0.25) is 0 Å². The first-order chi connectivity index (χ1) is 12.3. The van der Waals surface area contributed by atoms with Crippen LogP contribution in [0.4, 0.5) is 5.82 Å². The lowest BCUT2D eigenvalue weighted by atomic mass is 9.97. The maximum Gasteiger partial charge on any atom is 0.310 e. The van der Waals surface area contributed by atoms with E-state index < -0.39 is 0 Å². The third-order valence-corrected chi connectivity index (χ3v) is 5.11. The summed E-state index contributed by atoms with van der Waals surface area (Å²) in [4.78, 5) is 28.0. The summed E-state index contributed by atoms with van der Waals surface area (Å²) < 4.78 is 4.95. The number of carbonyl (C=O) groups is 1. The van der Waals surface area contributed by atoms with Crippen molar-refractivity contribution in [2.45, 2.75) is 32.1 Å². The van der Waals surface area contributed by atoms with Gasteiger partial charge >= 0.3 is 5.97 Å². The Kier molecular flexibility index (Phi) is 4.34. The Balaban J connectivity index is 1.71. The molecule has 0 bridgehead atoms. The number of carbonyl (C=O) groups excluding carboxylic acids is 1. The molecule has 6 nitrogen and oxygen atoms in total. The second-order valence-electron chi connectivity index (χ2n) is 6.69. The van der Waals surface area contributed by atoms with Gasteiger partial charge in [-0.3, -0.25) is 9.78 Å². The smallest absolute Gasteiger partial charge is 0.310 e. The van der Waals surface area contributed by atoms with E-state index in [1.54, 1.807) is 12.4 Å². The fraction of sp³-hybridized carbons (Fsp3) is 0.474. The lowest BCUT2D eigenvalue weighted by molar-refractivity contribution is -0.145. The molecule has 1 atom stereocenters. The highest BCUT2D eigenvalue weighted by molar-refractivity contribution is 5.73. The Bertz CT molecular complexity index is 778. The van der Waals surface area contributed by atoms with Crippen molar-refractivity contribution in [3.05, 3.63) is 35.8 Å². The molecule has 1 aliphatic heterocycles. The van der Waals surface area contributed by atoms with E-state index in [-0.39, 0.29) is 11.9 Å². The Morgan fingerprint density at radius 1 is 1.20 bits per heavy atom. The molecule has 25 heavy (non-hydrogen) atoms. The summed E-state index contributed by atoms with van der Waals surface area (Å²) in [5, 5.41) is 0. The average molecular weight is 338 g/mol. The van der Waals surface area contributed by atoms with Crippen LogP contribution < -0.4 is 4.90 Å². The zero-order chi connectivity index (χ0) is 17.2. The van der Waals surface area contributed by atoms with Crippen LogP contribution in [0, 0.1) is 5.92 Å². The molecular formula is C19H22N4O2. The highest BCUT2D eigenvalue weighted by Gasteiger charge is 2.30. The van der Waals surface area contributed by atoms with E-state index in [1.807, 2.05) is 12.1 Å². The third kappa shape index (κ3) is 3.08. The summed E-state index contributed by atoms with van der Waals surface area (Å²) in [5.41, 5.74) is 3.38. The molecule has 1 fully saturated rings. The lowest BCUT2D eigenvalue weighted by Gasteiger charge is -2.33. The van der Waals surface area contributed by atoms with Gasteiger partial charge in [-0.2, -0.15) is 0 Å². The molecule has 4 rings (SSSR count). The van der Waals surface area contributed by atoms with Gasteiger partial charge in [-0.1, -0.05) is 0 Å². The Labute approximate surface area is 147 Å². The standard InChI is InChI=1S/C19H22N4O2/c1-25-19(24)14-4-3-11-23(12-14)18-15-5-2-6-16(15)21-17(22-18)13-7-9-20-10-8-13/h7-10,14H,2-6,11-12H2,1H3/t14-/m0/s1. The van der Waals surface area contributed by atoms with Crippen LogP contribution in [-0.2, 0) is 22.4 Å². The van der Waals surface area contributed by atoms with Crippen LogP contribution in [-0.4, -0.2) is 41.1 Å². The molecule has 130 valence electrons. The summed E-state index contributed by atoms with van der Waals surface area (Å²) in [5.74, 6) is 1.56. The third-order valence-electron chi connectivity index (χ3n) is 5.11. The topological polar surface area (TPSA) is 68.2 Å². The van der Waals surface area contributed by atoms with Gasteiger partial charge in [-0.15, -0.1) is 0 Å². The minimum atomic E-state index is -0.121. The number of fused-ring (bicyclic) bond motifs is 1. The predicted molar refractivity (Wildman–Crippen MR) is 94.2 cm³/mol. The van der Waals surface area contributed by atoms with Crippen molar-refractivity contribution in [2.24, 2.45) is 5.92 Å². The maximum atomic E-state index is 12.0. The summed E-state index contributed by atoms with van der Waals surface area (Å²) in [6, 6.07) is 3.88. The van der Waals surface area contributed by atoms with Gasteiger partial charge in [0.05, 0.1) is 13.0 Å². The van der Waals surface area contributed by atoms with E-state index in [1.165, 1.54) is 12.7 Å². The first-order valence-electron chi connectivity index (χ1n) is 8.89. The van der Waals surface area contributed by atoms with E-state index in [0.717, 1.165) is 61.5 Å². The number of pyridine rings is 1. The number of esters is 1. The molecule has 6 heteroatoms. The molecule has 2 aromatic rings. The van der Waals surface area contributed by atoms with Crippen LogP contribution in [0.2, 0.25) is 0 Å². The van der Waals surface area contributed by atoms with Gasteiger partial charge in [0.1, 0.15) is 5.82 Å². The van der Waals surface area contributed by atoms with Crippen molar-refractivity contribution < 1.29 is 9.53 Å². The maximum absolute atomic E-state index is 12.0. The second kappa shape index (κ2) is 6.78. The Hall–Kier alpha value is -2.50. The van der Waals surface area contributed by atoms with Crippen molar-refractivity contribution in [2.75, 3.05) is 25.1 Å². The number of aryl methyl sites for hydroxylation is 1. The minimum Gasteiger partial charge on any atom is -0.469 e. The van der Waals surface area contributed by atoms with Crippen molar-refractivity contribution in [1.29, 1.82) is 0 Å². The van der Waals surface area contributed by atoms with Crippen LogP contribution in [0.25, 0.3) is 11.4 Å². The van der Waals surface area contributed by atoms with E-state index in [4.69, 9.17) is 14.7 Å². The molecule has 0 amide bonds. The molecule has 1 saturated heterocycles. The zero-order valence-corrected chi connectivity index (χ0v) is 14.4. The highest BCUT2D eigenvalue weighted by Crippen LogP contribution is 2.33. The molecule has 3 heterocycles. The van der Waals surface area contributed by atoms with Gasteiger partial charge in [-0.05, 0) is 44.2 Å². The van der Waals surface area contributed by atoms with Crippen LogP contribution in [0.5, 0.6) is 0 Å². The SMILES string of the molecule is COC(=O)[C@H]1CCCN(c2nc(-c3ccncc3)nc3c2CCC3)C1. The first-order valence-corrected chi connectivity index (χ1v) is 8.89. The van der Waals surface area contributed by atoms with Crippen molar-refractivity contribution in [3.63, 3.8) is 0 Å². The number of nitrogens with zero attached hydrogens (tertiary/aromatic N) is 4. The number of hydrogen-bond acceptors (Lipinski definition) is 6. The molecule has 0 spiro atoms. The molecular weight excluding hydrogens is 316 g/mol. The Morgan fingerprint density at radius 2 is 2.04 bits per heavy atom. The second-order valence-corrected chi connectivity index (χ2v) is 6.69. The van der Waals surface area contributed by atoms with Gasteiger partial charge in [0, 0.05) is 42.3 Å². The van der Waals surface area contributed by atoms with Gasteiger partial charge in [0.15, 0.2) is 5.82 Å². The van der Waals surface area contributed by atoms with Crippen LogP contribution in [0.15, 0.2) is 24.5 Å². The molecule has 2 aliphatic rings. The van der Waals surface area contributed by atoms with Gasteiger partial charge in [-0.25, -0.2) is 9.97 Å². The fourth-order valence-electron chi connectivity index (χ4n) is 3.83. The largest absolute Gasteiger partial charge is 0.469 e. The Morgan fingerprint density at radius 3 is 2.84 bits per heavy atom. The number of rotatable bonds is 3. The molecule has 0 saturated carbocycles. The number of ether oxygens (including phenoxy) is 1. The number of anilines is 1. The number of aromatic nitrogens is 3. The number of hydrogen-bond donors (Lipinski definition) is 0. The van der Waals surface area contributed by atoms with Crippen LogP contribution >= 0.6 is 0 Å². The number of piperidine rings is 1. The first kappa shape index (κ1) is 16.0. The summed E-state index contributed by atoms with van der Waals surface area (Å²) in [6.45, 7) is 1.60. The monoisotopic (exact) mass is 338 g/mol. The fourth-order valence-corrected chi connectivity index (χ4v) is 3.83. The summed E-state index contributed by atoms with van der Waals surface area (Å²) >= 11 is 0. The van der Waals surface area contributed by atoms with Crippen LogP contribution in [0.3, 0.4) is 0 Å². The van der Waals surface area contributed by atoms with Crippen molar-refractivity contribution in [3.8, 4) is 11.4 Å². The highest BCUT2D eigenvalue weighted by atomic mass is 16.5. The van der Waals surface area contributed by atoms with Crippen LogP contribution in [0.1, 0.15) is 30.5 Å². The van der Waals surface area contributed by atoms with E-state index >= 15 is 0 Å². The summed E-state index contributed by atoms with van der Waals surface area (Å²) in [7, 11) is 1.46. The molecule has 2 aromatic heterocycles. The van der Waals surface area contributed by atoms with Crippen molar-refractivity contribution in [1.82, 2.24) is 15.0 Å². The molecule has 0 radical (unpaired) electrons. The molecule has 0 N–H and O–H groups in total. The number of methoxy groups -OCH3 is 1. The quantitative estimate of drug-likeness (QED) is 0.801. The van der Waals surface area contributed by atoms with Gasteiger partial charge < -0.3 is 9.64 Å². The summed E-state index contributed by atoms with van der Waals surface area (Å²) in [6.07, 6.45) is 8.51. The van der Waals surface area contributed by atoms with Crippen molar-refractivity contribution >= 4 is 11.8 Å². The van der Waals surface area contributed by atoms with E-state index in [9.17, 15) is 4.79 Å². The minimum absolute atomic E-state index is 0.0739. The van der Waals surface area contributed by atoms with Gasteiger partial charge in [0.25, 0.3) is 0 Å². The molecule has 1 aliphatic carbocycles. The van der Waals surface area contributed by atoms with E-state index in [2.05, 4.69) is 9.88 Å². The average Bonchev–Trinajstić information content (AvgIpc) is 3.16. The predicted octanol–water partition coefficient (Wildman–Crippen LogP) is 2.42. The lowest BCUT2D eigenvalue weighted by Crippen LogP contribution is -2.40. The van der Waals surface area contributed by atoms with E-state index in [0.29, 0.717) is 6.54 Å². The molecule has 0 aromatic carbocycles. The molecule has 0 unspecified atom stereocenters. The zero-order valence-electron chi connectivity index (χ0n) is 14.4.